The lowest BCUT2D eigenvalue weighted by Gasteiger charge is -2.70. The van der Waals surface area contributed by atoms with E-state index in [9.17, 15) is 14.4 Å². The first-order chi connectivity index (χ1) is 24.1. The molecule has 50 heavy (non-hydrogen) atoms. The molecule has 3 heterocycles. The van der Waals surface area contributed by atoms with Crippen molar-refractivity contribution in [3.63, 3.8) is 0 Å². The Kier molecular flexibility index (Phi) is 7.53. The number of rotatable bonds is 9. The number of methoxy groups -OCH3 is 4. The van der Waals surface area contributed by atoms with Crippen LogP contribution in [0.5, 0.6) is 0 Å². The third-order valence-corrected chi connectivity index (χ3v) is 15.1. The van der Waals surface area contributed by atoms with Crippen LogP contribution in [0.15, 0.2) is 24.3 Å². The monoisotopic (exact) mass is 694 g/mol. The molecule has 14 atom stereocenters. The molecule has 0 radical (unpaired) electrons. The summed E-state index contributed by atoms with van der Waals surface area (Å²) in [7, 11) is 7.24. The number of likely N-dealkylation sites (N-methyl/N-ethyl adjacent to an activating group) is 1. The highest BCUT2D eigenvalue weighted by Gasteiger charge is 2.94. The van der Waals surface area contributed by atoms with Crippen LogP contribution in [0.3, 0.4) is 0 Å². The van der Waals surface area contributed by atoms with E-state index in [4.69, 9.17) is 33.2 Å². The molecule has 3 saturated heterocycles. The topological polar surface area (TPSA) is 122 Å². The van der Waals surface area contributed by atoms with Crippen LogP contribution < -0.4 is 4.90 Å². The fourth-order valence-electron chi connectivity index (χ4n) is 13.9. The van der Waals surface area contributed by atoms with Gasteiger partial charge in [0, 0.05) is 82.3 Å². The van der Waals surface area contributed by atoms with Gasteiger partial charge in [0.1, 0.15) is 18.0 Å². The van der Waals surface area contributed by atoms with Gasteiger partial charge >= 0.3 is 5.97 Å². The lowest BCUT2D eigenvalue weighted by Crippen LogP contribution is -2.81. The van der Waals surface area contributed by atoms with Crippen molar-refractivity contribution in [2.45, 2.75) is 87.6 Å². The Morgan fingerprint density at radius 2 is 1.84 bits per heavy atom. The number of hydrogen-bond acceptors (Lipinski definition) is 11. The van der Waals surface area contributed by atoms with E-state index < -0.39 is 33.9 Å². The summed E-state index contributed by atoms with van der Waals surface area (Å²) in [6.45, 7) is 5.73. The van der Waals surface area contributed by atoms with E-state index in [-0.39, 0.29) is 97.0 Å². The number of hydrogen-bond donors (Lipinski definition) is 0. The van der Waals surface area contributed by atoms with Gasteiger partial charge in [-0.2, -0.15) is 0 Å². The van der Waals surface area contributed by atoms with Gasteiger partial charge in [-0.05, 0) is 43.9 Å². The number of likely N-dealkylation sites (tertiary alicyclic amines) is 1. The van der Waals surface area contributed by atoms with Crippen molar-refractivity contribution in [3.05, 3.63) is 29.8 Å². The molecule has 3 aliphatic heterocycles. The summed E-state index contributed by atoms with van der Waals surface area (Å²) < 4.78 is 46.5. The summed E-state index contributed by atoms with van der Waals surface area (Å²) in [5.41, 5.74) is -1.91. The van der Waals surface area contributed by atoms with Gasteiger partial charge in [0.05, 0.1) is 48.3 Å². The number of amides is 2. The van der Waals surface area contributed by atoms with E-state index >= 15 is 0 Å². The highest BCUT2D eigenvalue weighted by molar-refractivity contribution is 6.22. The molecule has 8 aliphatic rings. The van der Waals surface area contributed by atoms with E-state index in [1.807, 2.05) is 14.2 Å². The molecule has 9 rings (SSSR count). The van der Waals surface area contributed by atoms with Crippen LogP contribution in [-0.2, 0) is 42.7 Å². The average Bonchev–Trinajstić information content (AvgIpc) is 3.78. The minimum atomic E-state index is -0.820. The minimum absolute atomic E-state index is 0.0457. The fraction of sp³-hybridized carbons (Fsp3) is 0.763. The molecule has 1 aromatic carbocycles. The third kappa shape index (κ3) is 3.64. The molecule has 3 unspecified atom stereocenters. The minimum Gasteiger partial charge on any atom is -0.461 e. The van der Waals surface area contributed by atoms with Crippen LogP contribution in [0, 0.1) is 40.4 Å². The number of anilines is 1. The van der Waals surface area contributed by atoms with Crippen molar-refractivity contribution in [2.75, 3.05) is 59.8 Å². The lowest BCUT2D eigenvalue weighted by molar-refractivity contribution is -0.286. The molecule has 5 aliphatic carbocycles. The SMILES string of the molecule is CCN1C[C@]2(COC(=O)c3ccccc3N3C(=O)CC(C)C3=O)CC[C@H](OC)[C@@]34C1C1(OCO[C@@]15C[C@H](OC)[C@H]1C[C@@H]3[C@@H]5[C@H]1OC)[C@@H](OC)[C@H]24. The lowest BCUT2D eigenvalue weighted by atomic mass is 9.42. The van der Waals surface area contributed by atoms with Gasteiger partial charge in [-0.25, -0.2) is 9.69 Å². The highest BCUT2D eigenvalue weighted by Crippen LogP contribution is 2.82. The maximum Gasteiger partial charge on any atom is 0.340 e. The Bertz CT molecular complexity index is 1610. The number of fused-ring (bicyclic) bond motifs is 1. The first-order valence-electron chi connectivity index (χ1n) is 18.4. The first kappa shape index (κ1) is 33.4. The number of carbonyl (C=O) groups is 3. The Balaban J connectivity index is 1.16. The first-order valence-corrected chi connectivity index (χ1v) is 18.4. The zero-order chi connectivity index (χ0) is 35.0. The standard InChI is InChI=1S/C38H50N2O10/c1-7-39-17-35(18-48-33(43)21-10-8-9-11-24(21)40-27(41)14-20(2)32(40)42)13-12-26(45-4)37-23-15-22-25(44-3)16-36(28(23)29(22)46-5)38(34(37)39,50-19-49-36)31(47-6)30(35)37/h8-11,20,22-23,25-26,28-31,34H,7,12-19H2,1-6H3/t20?,22-,23-,25+,26+,28-,29+,30-,31+,34?,35+,36-,37+,38?/m1/s1. The summed E-state index contributed by atoms with van der Waals surface area (Å²) in [5, 5.41) is 0. The van der Waals surface area contributed by atoms with E-state index in [1.54, 1.807) is 45.4 Å². The fourth-order valence-corrected chi connectivity index (χ4v) is 13.9. The van der Waals surface area contributed by atoms with Crippen LogP contribution in [0.25, 0.3) is 0 Å². The maximum atomic E-state index is 14.2. The highest BCUT2D eigenvalue weighted by atomic mass is 16.7. The van der Waals surface area contributed by atoms with E-state index in [1.165, 1.54) is 0 Å². The molecule has 1 aromatic rings. The number of piperidine rings is 1. The normalized spacial score (nSPS) is 48.3. The molecule has 7 bridgehead atoms. The Hall–Kier alpha value is -2.45. The Morgan fingerprint density at radius 1 is 1.04 bits per heavy atom. The van der Waals surface area contributed by atoms with Crippen LogP contribution in [0.4, 0.5) is 5.69 Å². The summed E-state index contributed by atoms with van der Waals surface area (Å²) in [6, 6.07) is 6.72. The van der Waals surface area contributed by atoms with Gasteiger partial charge in [0.2, 0.25) is 11.8 Å². The van der Waals surface area contributed by atoms with Crippen LogP contribution in [-0.4, -0.2) is 119 Å². The quantitative estimate of drug-likeness (QED) is 0.280. The molecule has 272 valence electrons. The predicted molar refractivity (Wildman–Crippen MR) is 177 cm³/mol. The smallest absolute Gasteiger partial charge is 0.340 e. The molecular weight excluding hydrogens is 644 g/mol. The zero-order valence-electron chi connectivity index (χ0n) is 29.9. The Morgan fingerprint density at radius 3 is 2.52 bits per heavy atom. The zero-order valence-corrected chi connectivity index (χ0v) is 29.9. The van der Waals surface area contributed by atoms with Gasteiger partial charge < -0.3 is 33.2 Å². The number of para-hydroxylation sites is 1. The molecule has 12 heteroatoms. The van der Waals surface area contributed by atoms with Crippen LogP contribution in [0.2, 0.25) is 0 Å². The average molecular weight is 695 g/mol. The number of esters is 1. The van der Waals surface area contributed by atoms with Gasteiger partial charge in [-0.1, -0.05) is 26.0 Å². The maximum absolute atomic E-state index is 14.2. The van der Waals surface area contributed by atoms with Gasteiger partial charge in [-0.3, -0.25) is 14.5 Å². The molecule has 12 nitrogen and oxygen atoms in total. The van der Waals surface area contributed by atoms with Crippen LogP contribution >= 0.6 is 0 Å². The van der Waals surface area contributed by atoms with Crippen molar-refractivity contribution in [3.8, 4) is 0 Å². The molecule has 0 N–H and O–H groups in total. The van der Waals surface area contributed by atoms with Crippen molar-refractivity contribution in [1.29, 1.82) is 0 Å². The summed E-state index contributed by atoms with van der Waals surface area (Å²) in [5.74, 6) is -1.22. The Labute approximate surface area is 293 Å². The molecule has 2 amide bonds. The van der Waals surface area contributed by atoms with Gasteiger partial charge in [0.15, 0.2) is 0 Å². The predicted octanol–water partition coefficient (Wildman–Crippen LogP) is 3.05. The van der Waals surface area contributed by atoms with E-state index in [2.05, 4.69) is 11.8 Å². The van der Waals surface area contributed by atoms with E-state index in [0.717, 1.165) is 30.7 Å². The summed E-state index contributed by atoms with van der Waals surface area (Å²) in [6.07, 6.45) is 2.77. The molecular formula is C38H50N2O10. The number of imide groups is 1. The second-order valence-corrected chi connectivity index (χ2v) is 16.3. The number of benzene rings is 1. The third-order valence-electron chi connectivity index (χ3n) is 15.1. The van der Waals surface area contributed by atoms with Gasteiger partial charge in [0.25, 0.3) is 0 Å². The second kappa shape index (κ2) is 11.3. The molecule has 3 spiro atoms. The number of nitrogens with zero attached hydrogens (tertiary/aromatic N) is 2. The van der Waals surface area contributed by atoms with Crippen molar-refractivity contribution in [1.82, 2.24) is 4.90 Å². The van der Waals surface area contributed by atoms with Crippen molar-refractivity contribution < 1.29 is 47.5 Å². The number of carbonyl (C=O) groups excluding carboxylic acids is 3. The van der Waals surface area contributed by atoms with E-state index in [0.29, 0.717) is 13.0 Å². The largest absolute Gasteiger partial charge is 0.461 e. The summed E-state index contributed by atoms with van der Waals surface area (Å²) >= 11 is 0. The molecule has 0 aromatic heterocycles. The van der Waals surface area contributed by atoms with Crippen LogP contribution in [0.1, 0.15) is 56.3 Å². The second-order valence-electron chi connectivity index (χ2n) is 16.3. The summed E-state index contributed by atoms with van der Waals surface area (Å²) in [4.78, 5) is 43.8. The number of ether oxygens (including phenoxy) is 7. The van der Waals surface area contributed by atoms with Gasteiger partial charge in [-0.15, -0.1) is 0 Å². The van der Waals surface area contributed by atoms with Crippen molar-refractivity contribution in [2.24, 2.45) is 40.4 Å². The molecule has 5 saturated carbocycles. The van der Waals surface area contributed by atoms with Crippen molar-refractivity contribution >= 4 is 23.5 Å². The molecule has 8 fully saturated rings.